The maximum Gasteiger partial charge on any atom is 0.258 e. The summed E-state index contributed by atoms with van der Waals surface area (Å²) in [7, 11) is 3.31. The van der Waals surface area contributed by atoms with Gasteiger partial charge in [0, 0.05) is 56.8 Å². The van der Waals surface area contributed by atoms with Crippen LogP contribution in [0.4, 0.5) is 0 Å². The fraction of sp³-hybridized carbons (Fsp3) is 0.550. The molecule has 0 saturated carbocycles. The van der Waals surface area contributed by atoms with E-state index in [4.69, 9.17) is 0 Å². The Morgan fingerprint density at radius 1 is 1.33 bits per heavy atom. The molecule has 27 heavy (non-hydrogen) atoms. The smallest absolute Gasteiger partial charge is 0.258 e. The molecule has 2 aliphatic heterocycles. The molecular formula is C20H27N3O4. The van der Waals surface area contributed by atoms with E-state index in [0.717, 1.165) is 5.69 Å². The van der Waals surface area contributed by atoms with Crippen molar-refractivity contribution in [1.82, 2.24) is 14.4 Å². The molecule has 0 unspecified atom stereocenters. The molecular weight excluding hydrogens is 346 g/mol. The number of likely N-dealkylation sites (tertiary alicyclic amines) is 1. The number of hydrogen-bond acceptors (Lipinski definition) is 4. The molecule has 2 amide bonds. The Hall–Kier alpha value is -2.41. The first-order valence-corrected chi connectivity index (χ1v) is 9.36. The van der Waals surface area contributed by atoms with Gasteiger partial charge in [-0.1, -0.05) is 19.1 Å². The first-order chi connectivity index (χ1) is 12.9. The lowest BCUT2D eigenvalue weighted by Gasteiger charge is -2.32. The summed E-state index contributed by atoms with van der Waals surface area (Å²) in [6.07, 6.45) is 3.84. The van der Waals surface area contributed by atoms with Crippen molar-refractivity contribution >= 4 is 17.9 Å². The monoisotopic (exact) mass is 373 g/mol. The van der Waals surface area contributed by atoms with Crippen LogP contribution in [0.3, 0.4) is 0 Å². The predicted molar refractivity (Wildman–Crippen MR) is 102 cm³/mol. The highest BCUT2D eigenvalue weighted by Gasteiger charge is 2.57. The van der Waals surface area contributed by atoms with Crippen molar-refractivity contribution in [2.75, 3.05) is 20.7 Å². The molecule has 0 aromatic carbocycles. The third-order valence-corrected chi connectivity index (χ3v) is 5.74. The van der Waals surface area contributed by atoms with E-state index in [1.807, 2.05) is 19.1 Å². The van der Waals surface area contributed by atoms with Gasteiger partial charge in [0.15, 0.2) is 0 Å². The van der Waals surface area contributed by atoms with E-state index in [1.54, 1.807) is 42.6 Å². The number of fused-ring (bicyclic) bond motifs is 3. The molecule has 1 N–H and O–H groups in total. The Balaban J connectivity index is 2.14. The second-order valence-electron chi connectivity index (χ2n) is 7.42. The number of pyridine rings is 1. The number of carbonyl (C=O) groups excluding carboxylic acids is 2. The van der Waals surface area contributed by atoms with Crippen molar-refractivity contribution in [2.45, 2.75) is 38.9 Å². The predicted octanol–water partition coefficient (Wildman–Crippen LogP) is 0.870. The van der Waals surface area contributed by atoms with Crippen LogP contribution in [0, 0.1) is 11.8 Å². The molecule has 0 bridgehead atoms. The van der Waals surface area contributed by atoms with Gasteiger partial charge in [0.2, 0.25) is 11.8 Å². The van der Waals surface area contributed by atoms with E-state index in [1.165, 1.54) is 4.90 Å². The first kappa shape index (κ1) is 19.4. The van der Waals surface area contributed by atoms with Gasteiger partial charge in [-0.3, -0.25) is 14.4 Å². The van der Waals surface area contributed by atoms with Gasteiger partial charge in [-0.25, -0.2) is 0 Å². The van der Waals surface area contributed by atoms with Gasteiger partial charge < -0.3 is 19.5 Å². The lowest BCUT2D eigenvalue weighted by Crippen LogP contribution is -2.49. The average molecular weight is 373 g/mol. The van der Waals surface area contributed by atoms with Crippen LogP contribution in [-0.2, 0) is 16.1 Å². The highest BCUT2D eigenvalue weighted by atomic mass is 16.3. The third-order valence-electron chi connectivity index (χ3n) is 5.74. The molecule has 0 aliphatic carbocycles. The van der Waals surface area contributed by atoms with E-state index in [2.05, 4.69) is 0 Å². The molecule has 0 spiro atoms. The lowest BCUT2D eigenvalue weighted by atomic mass is 9.88. The SMILES string of the molecule is C/C=C/c1ccc2n(c1=O)C[C@@H]1[C@@H](CO)[C@H](C(=O)N(C)C)N(C(=O)CC)[C@H]21. The van der Waals surface area contributed by atoms with Crippen molar-refractivity contribution < 1.29 is 14.7 Å². The Kier molecular flexibility index (Phi) is 5.24. The minimum absolute atomic E-state index is 0.101. The number of rotatable bonds is 4. The van der Waals surface area contributed by atoms with Crippen LogP contribution in [0.25, 0.3) is 6.08 Å². The number of allylic oxidation sites excluding steroid dienone is 1. The van der Waals surface area contributed by atoms with Crippen molar-refractivity contribution in [3.63, 3.8) is 0 Å². The molecule has 1 fully saturated rings. The standard InChI is InChI=1S/C20H27N3O4/c1-5-7-12-8-9-15-17-13(10-22(15)19(12)26)14(11-24)18(20(27)21(3)4)23(17)16(25)6-2/h5,7-9,13-14,17-18,24H,6,10-11H2,1-4H3/b7-5+/t13-,14-,17+,18-/m1/s1. The summed E-state index contributed by atoms with van der Waals surface area (Å²) in [5, 5.41) is 10.1. The molecule has 3 rings (SSSR count). The highest BCUT2D eigenvalue weighted by Crippen LogP contribution is 2.49. The Labute approximate surface area is 158 Å². The maximum atomic E-state index is 12.8. The van der Waals surface area contributed by atoms with Crippen LogP contribution in [0.15, 0.2) is 23.0 Å². The summed E-state index contributed by atoms with van der Waals surface area (Å²) in [6, 6.07) is 2.57. The van der Waals surface area contributed by atoms with E-state index >= 15 is 0 Å². The number of likely N-dealkylation sites (N-methyl/N-ethyl adjacent to an activating group) is 1. The second kappa shape index (κ2) is 7.31. The zero-order valence-corrected chi connectivity index (χ0v) is 16.3. The zero-order valence-electron chi connectivity index (χ0n) is 16.3. The lowest BCUT2D eigenvalue weighted by molar-refractivity contribution is -0.145. The molecule has 7 nitrogen and oxygen atoms in total. The molecule has 1 aromatic rings. The normalized spacial score (nSPS) is 26.3. The van der Waals surface area contributed by atoms with Crippen molar-refractivity contribution in [3.8, 4) is 0 Å². The Bertz CT molecular complexity index is 842. The van der Waals surface area contributed by atoms with Gasteiger partial charge in [0.25, 0.3) is 5.56 Å². The first-order valence-electron chi connectivity index (χ1n) is 9.36. The minimum Gasteiger partial charge on any atom is -0.396 e. The number of aliphatic hydroxyl groups is 1. The van der Waals surface area contributed by atoms with Crippen LogP contribution in [-0.4, -0.2) is 58.0 Å². The van der Waals surface area contributed by atoms with E-state index in [9.17, 15) is 19.5 Å². The number of amides is 2. The molecule has 1 aromatic heterocycles. The molecule has 3 heterocycles. The summed E-state index contributed by atoms with van der Waals surface area (Å²) < 4.78 is 1.69. The molecule has 2 aliphatic rings. The summed E-state index contributed by atoms with van der Waals surface area (Å²) >= 11 is 0. The van der Waals surface area contributed by atoms with Gasteiger partial charge in [-0.2, -0.15) is 0 Å². The number of aromatic nitrogens is 1. The summed E-state index contributed by atoms with van der Waals surface area (Å²) in [4.78, 5) is 41.5. The molecule has 4 atom stereocenters. The number of hydrogen-bond donors (Lipinski definition) is 1. The quantitative estimate of drug-likeness (QED) is 0.849. The third kappa shape index (κ3) is 2.90. The van der Waals surface area contributed by atoms with Crippen LogP contribution < -0.4 is 5.56 Å². The topological polar surface area (TPSA) is 82.8 Å². The maximum absolute atomic E-state index is 12.8. The summed E-state index contributed by atoms with van der Waals surface area (Å²) in [5.41, 5.74) is 1.24. The van der Waals surface area contributed by atoms with Gasteiger partial charge in [0.05, 0.1) is 6.04 Å². The van der Waals surface area contributed by atoms with Crippen molar-refractivity contribution in [1.29, 1.82) is 0 Å². The summed E-state index contributed by atoms with van der Waals surface area (Å²) in [5.74, 6) is -0.887. The molecule has 0 radical (unpaired) electrons. The largest absolute Gasteiger partial charge is 0.396 e. The van der Waals surface area contributed by atoms with Gasteiger partial charge >= 0.3 is 0 Å². The van der Waals surface area contributed by atoms with Gasteiger partial charge in [-0.05, 0) is 19.1 Å². The number of carbonyl (C=O) groups is 2. The Morgan fingerprint density at radius 2 is 2.04 bits per heavy atom. The van der Waals surface area contributed by atoms with Gasteiger partial charge in [-0.15, -0.1) is 0 Å². The zero-order chi connectivity index (χ0) is 19.9. The van der Waals surface area contributed by atoms with Crippen LogP contribution in [0.1, 0.15) is 37.6 Å². The van der Waals surface area contributed by atoms with Crippen molar-refractivity contribution in [3.05, 3.63) is 39.8 Å². The van der Waals surface area contributed by atoms with E-state index in [-0.39, 0.29) is 42.4 Å². The van der Waals surface area contributed by atoms with Crippen molar-refractivity contribution in [2.24, 2.45) is 11.8 Å². The van der Waals surface area contributed by atoms with Crippen LogP contribution >= 0.6 is 0 Å². The Morgan fingerprint density at radius 3 is 2.59 bits per heavy atom. The van der Waals surface area contributed by atoms with E-state index < -0.39 is 12.0 Å². The fourth-order valence-corrected chi connectivity index (χ4v) is 4.52. The minimum atomic E-state index is -0.702. The van der Waals surface area contributed by atoms with Crippen LogP contribution in [0.5, 0.6) is 0 Å². The van der Waals surface area contributed by atoms with Gasteiger partial charge in [0.1, 0.15) is 6.04 Å². The number of aliphatic hydroxyl groups excluding tert-OH is 1. The summed E-state index contributed by atoms with van der Waals surface area (Å²) in [6.45, 7) is 3.81. The molecule has 146 valence electrons. The highest BCUT2D eigenvalue weighted by molar-refractivity contribution is 5.89. The second-order valence-corrected chi connectivity index (χ2v) is 7.42. The fourth-order valence-electron chi connectivity index (χ4n) is 4.52. The molecule has 7 heteroatoms. The molecule has 1 saturated heterocycles. The van der Waals surface area contributed by atoms with Crippen LogP contribution in [0.2, 0.25) is 0 Å². The van der Waals surface area contributed by atoms with E-state index in [0.29, 0.717) is 12.1 Å². The average Bonchev–Trinajstić information content (AvgIpc) is 3.17. The number of nitrogens with zero attached hydrogens (tertiary/aromatic N) is 3.